The number of hydrogen-bond donors (Lipinski definition) is 0. The minimum atomic E-state index is 0.207. The second-order valence-electron chi connectivity index (χ2n) is 7.30. The molecule has 2 aliphatic heterocycles. The molecule has 1 aromatic carbocycles. The number of carbonyl (C=O) groups is 1. The molecule has 0 N–H and O–H groups in total. The number of piperidine rings is 1. The van der Waals surface area contributed by atoms with E-state index in [1.165, 1.54) is 25.8 Å². The number of hydrogen-bond acceptors (Lipinski definition) is 4. The van der Waals surface area contributed by atoms with Crippen LogP contribution >= 0.6 is 0 Å². The molecule has 138 valence electrons. The van der Waals surface area contributed by atoms with Gasteiger partial charge >= 0.3 is 0 Å². The normalized spacial score (nSPS) is 22.8. The van der Waals surface area contributed by atoms with Gasteiger partial charge in [0.15, 0.2) is 0 Å². The lowest BCUT2D eigenvalue weighted by atomic mass is 10.0. The number of nitrogens with zero attached hydrogens (tertiary/aromatic N) is 3. The Morgan fingerprint density at radius 1 is 1.12 bits per heavy atom. The van der Waals surface area contributed by atoms with Crippen LogP contribution in [0.15, 0.2) is 24.3 Å². The van der Waals surface area contributed by atoms with E-state index in [2.05, 4.69) is 16.8 Å². The minimum absolute atomic E-state index is 0.207. The van der Waals surface area contributed by atoms with Crippen LogP contribution in [-0.2, 0) is 11.2 Å². The van der Waals surface area contributed by atoms with Gasteiger partial charge in [0.25, 0.3) is 0 Å². The van der Waals surface area contributed by atoms with Crippen LogP contribution < -0.4 is 4.74 Å². The maximum atomic E-state index is 12.6. The predicted octanol–water partition coefficient (Wildman–Crippen LogP) is 1.87. The number of benzene rings is 1. The van der Waals surface area contributed by atoms with Gasteiger partial charge in [-0.05, 0) is 32.5 Å². The molecule has 0 aromatic heterocycles. The Morgan fingerprint density at radius 2 is 1.88 bits per heavy atom. The molecule has 0 spiro atoms. The lowest BCUT2D eigenvalue weighted by Gasteiger charge is -2.40. The summed E-state index contributed by atoms with van der Waals surface area (Å²) in [6, 6.07) is 8.48. The molecule has 0 aliphatic carbocycles. The third-order valence-corrected chi connectivity index (χ3v) is 5.65. The van der Waals surface area contributed by atoms with Crippen molar-refractivity contribution in [2.24, 2.45) is 0 Å². The van der Waals surface area contributed by atoms with Gasteiger partial charge in [0.05, 0.1) is 13.5 Å². The Kier molecular flexibility index (Phi) is 6.32. The summed E-state index contributed by atoms with van der Waals surface area (Å²) in [7, 11) is 3.90. The highest BCUT2D eigenvalue weighted by atomic mass is 16.5. The summed E-state index contributed by atoms with van der Waals surface area (Å²) in [4.78, 5) is 19.7. The molecule has 1 atom stereocenters. The highest BCUT2D eigenvalue weighted by Gasteiger charge is 2.26. The van der Waals surface area contributed by atoms with Gasteiger partial charge in [0.2, 0.25) is 5.91 Å². The maximum Gasteiger partial charge on any atom is 0.227 e. The Morgan fingerprint density at radius 3 is 2.60 bits per heavy atom. The fourth-order valence-corrected chi connectivity index (χ4v) is 3.98. The number of methoxy groups -OCH3 is 1. The summed E-state index contributed by atoms with van der Waals surface area (Å²) in [5, 5.41) is 0. The van der Waals surface area contributed by atoms with Crippen molar-refractivity contribution in [3.8, 4) is 5.75 Å². The maximum absolute atomic E-state index is 12.6. The number of piperazine rings is 1. The number of ether oxygens (including phenoxy) is 1. The van der Waals surface area contributed by atoms with E-state index in [1.807, 2.05) is 29.2 Å². The van der Waals surface area contributed by atoms with Gasteiger partial charge in [-0.1, -0.05) is 24.6 Å². The van der Waals surface area contributed by atoms with E-state index in [0.717, 1.165) is 44.0 Å². The largest absolute Gasteiger partial charge is 0.496 e. The number of amides is 1. The Labute approximate surface area is 151 Å². The zero-order chi connectivity index (χ0) is 17.6. The van der Waals surface area contributed by atoms with E-state index >= 15 is 0 Å². The first-order valence-electron chi connectivity index (χ1n) is 9.49. The van der Waals surface area contributed by atoms with Gasteiger partial charge in [-0.3, -0.25) is 9.69 Å². The average Bonchev–Trinajstić information content (AvgIpc) is 2.64. The Hall–Kier alpha value is -1.59. The second-order valence-corrected chi connectivity index (χ2v) is 7.30. The van der Waals surface area contributed by atoms with Crippen molar-refractivity contribution >= 4 is 5.91 Å². The van der Waals surface area contributed by atoms with Gasteiger partial charge in [-0.15, -0.1) is 0 Å². The molecule has 0 bridgehead atoms. The van der Waals surface area contributed by atoms with Crippen molar-refractivity contribution in [1.29, 1.82) is 0 Å². The Balaban J connectivity index is 1.47. The molecule has 0 saturated carbocycles. The zero-order valence-electron chi connectivity index (χ0n) is 15.6. The summed E-state index contributed by atoms with van der Waals surface area (Å²) < 4.78 is 5.36. The highest BCUT2D eigenvalue weighted by Crippen LogP contribution is 2.20. The SMILES string of the molecule is COc1ccccc1CC(=O)N1CCN(CC2CCCCN2C)CC1. The summed E-state index contributed by atoms with van der Waals surface area (Å²) >= 11 is 0. The fraction of sp³-hybridized carbons (Fsp3) is 0.650. The van der Waals surface area contributed by atoms with Crippen LogP contribution in [0.2, 0.25) is 0 Å². The third kappa shape index (κ3) is 4.73. The predicted molar refractivity (Wildman–Crippen MR) is 100.0 cm³/mol. The molecule has 0 radical (unpaired) electrons. The van der Waals surface area contributed by atoms with Crippen LogP contribution in [0.3, 0.4) is 0 Å². The van der Waals surface area contributed by atoms with Crippen molar-refractivity contribution in [3.63, 3.8) is 0 Å². The molecule has 5 heteroatoms. The van der Waals surface area contributed by atoms with Crippen LogP contribution in [0.5, 0.6) is 5.75 Å². The summed E-state index contributed by atoms with van der Waals surface area (Å²) in [5.74, 6) is 1.01. The van der Waals surface area contributed by atoms with Crippen molar-refractivity contribution in [2.45, 2.75) is 31.7 Å². The molecule has 2 heterocycles. The molecule has 25 heavy (non-hydrogen) atoms. The molecule has 2 aliphatic rings. The van der Waals surface area contributed by atoms with E-state index in [1.54, 1.807) is 7.11 Å². The first kappa shape index (κ1) is 18.2. The Bertz CT molecular complexity index is 570. The quantitative estimate of drug-likeness (QED) is 0.816. The molecular formula is C20H31N3O2. The van der Waals surface area contributed by atoms with Gasteiger partial charge in [0.1, 0.15) is 5.75 Å². The molecule has 1 aromatic rings. The smallest absolute Gasteiger partial charge is 0.227 e. The van der Waals surface area contributed by atoms with Crippen LogP contribution in [-0.4, -0.2) is 80.1 Å². The van der Waals surface area contributed by atoms with Crippen molar-refractivity contribution in [1.82, 2.24) is 14.7 Å². The van der Waals surface area contributed by atoms with E-state index in [4.69, 9.17) is 4.74 Å². The average molecular weight is 345 g/mol. The number of likely N-dealkylation sites (tertiary alicyclic amines) is 1. The third-order valence-electron chi connectivity index (χ3n) is 5.65. The van der Waals surface area contributed by atoms with Crippen molar-refractivity contribution in [2.75, 3.05) is 53.4 Å². The van der Waals surface area contributed by atoms with Gasteiger partial charge in [-0.2, -0.15) is 0 Å². The fourth-order valence-electron chi connectivity index (χ4n) is 3.98. The van der Waals surface area contributed by atoms with E-state index < -0.39 is 0 Å². The molecular weight excluding hydrogens is 314 g/mol. The monoisotopic (exact) mass is 345 g/mol. The molecule has 1 amide bonds. The minimum Gasteiger partial charge on any atom is -0.496 e. The van der Waals surface area contributed by atoms with Crippen LogP contribution in [0, 0.1) is 0 Å². The van der Waals surface area contributed by atoms with Gasteiger partial charge in [0, 0.05) is 44.3 Å². The number of para-hydroxylation sites is 1. The highest BCUT2D eigenvalue weighted by molar-refractivity contribution is 5.79. The van der Waals surface area contributed by atoms with Crippen LogP contribution in [0.4, 0.5) is 0 Å². The molecule has 3 rings (SSSR count). The van der Waals surface area contributed by atoms with Gasteiger partial charge < -0.3 is 14.5 Å². The van der Waals surface area contributed by atoms with Crippen molar-refractivity contribution in [3.05, 3.63) is 29.8 Å². The number of likely N-dealkylation sites (N-methyl/N-ethyl adjacent to an activating group) is 1. The number of carbonyl (C=O) groups excluding carboxylic acids is 1. The standard InChI is InChI=1S/C20H31N3O2/c1-21-10-6-5-8-18(21)16-22-11-13-23(14-12-22)20(24)15-17-7-3-4-9-19(17)25-2/h3-4,7,9,18H,5-6,8,10-16H2,1-2H3. The van der Waals surface area contributed by atoms with Crippen LogP contribution in [0.1, 0.15) is 24.8 Å². The molecule has 5 nitrogen and oxygen atoms in total. The van der Waals surface area contributed by atoms with Gasteiger partial charge in [-0.25, -0.2) is 0 Å². The lowest BCUT2D eigenvalue weighted by Crippen LogP contribution is -2.53. The lowest BCUT2D eigenvalue weighted by molar-refractivity contribution is -0.132. The first-order chi connectivity index (χ1) is 12.2. The van der Waals surface area contributed by atoms with Crippen LogP contribution in [0.25, 0.3) is 0 Å². The molecule has 2 saturated heterocycles. The summed E-state index contributed by atoms with van der Waals surface area (Å²) in [5.41, 5.74) is 0.973. The van der Waals surface area contributed by atoms with E-state index in [-0.39, 0.29) is 5.91 Å². The van der Waals surface area contributed by atoms with E-state index in [0.29, 0.717) is 12.5 Å². The zero-order valence-corrected chi connectivity index (χ0v) is 15.6. The summed E-state index contributed by atoms with van der Waals surface area (Å²) in [6.45, 7) is 6.02. The molecule has 1 unspecified atom stereocenters. The van der Waals surface area contributed by atoms with E-state index in [9.17, 15) is 4.79 Å². The summed E-state index contributed by atoms with van der Waals surface area (Å²) in [6.07, 6.45) is 4.42. The number of rotatable bonds is 5. The van der Waals surface area contributed by atoms with Crippen molar-refractivity contribution < 1.29 is 9.53 Å². The first-order valence-corrected chi connectivity index (χ1v) is 9.49. The second kappa shape index (κ2) is 8.68. The molecule has 2 fully saturated rings. The topological polar surface area (TPSA) is 36.0 Å².